The fourth-order valence-electron chi connectivity index (χ4n) is 3.53. The highest BCUT2D eigenvalue weighted by atomic mass is 32.2. The molecule has 0 unspecified atom stereocenters. The second-order valence-corrected chi connectivity index (χ2v) is 12.0. The lowest BCUT2D eigenvalue weighted by molar-refractivity contribution is 0.477. The molecule has 2 rings (SSSR count). The number of aryl methyl sites for hydroxylation is 1. The highest BCUT2D eigenvalue weighted by Gasteiger charge is 2.17. The predicted octanol–water partition coefficient (Wildman–Crippen LogP) is 5.18. The number of rotatable bonds is 16. The summed E-state index contributed by atoms with van der Waals surface area (Å²) in [6, 6.07) is 4.00. The summed E-state index contributed by atoms with van der Waals surface area (Å²) in [4.78, 5) is 4.18. The van der Waals surface area contributed by atoms with Crippen LogP contribution in [0.4, 0.5) is 0 Å². The minimum absolute atomic E-state index is 0.000912. The van der Waals surface area contributed by atoms with E-state index in [1.165, 1.54) is 81.3 Å². The van der Waals surface area contributed by atoms with Gasteiger partial charge in [-0.1, -0.05) is 76.5 Å². The molecule has 0 aliphatic rings. The van der Waals surface area contributed by atoms with Crippen LogP contribution in [-0.4, -0.2) is 47.0 Å². The van der Waals surface area contributed by atoms with Gasteiger partial charge in [0.25, 0.3) is 20.2 Å². The van der Waals surface area contributed by atoms with E-state index in [0.29, 0.717) is 16.2 Å². The van der Waals surface area contributed by atoms with Gasteiger partial charge in [0.15, 0.2) is 5.16 Å². The number of thioether (sulfide) groups is 1. The van der Waals surface area contributed by atoms with Crippen LogP contribution < -0.4 is 0 Å². The van der Waals surface area contributed by atoms with Gasteiger partial charge in [0, 0.05) is 12.3 Å². The lowest BCUT2D eigenvalue weighted by Gasteiger charge is -2.08. The maximum atomic E-state index is 11.4. The first-order valence-electron chi connectivity index (χ1n) is 11.2. The van der Waals surface area contributed by atoms with E-state index in [-0.39, 0.29) is 11.4 Å². The van der Waals surface area contributed by atoms with Gasteiger partial charge in [0.05, 0.1) is 21.7 Å². The smallest absolute Gasteiger partial charge is 0.294 e. The Balaban J connectivity index is 1.92. The molecular formula is C21H34N2O6S3. The van der Waals surface area contributed by atoms with Crippen LogP contribution in [0, 0.1) is 0 Å². The van der Waals surface area contributed by atoms with Crippen LogP contribution in [-0.2, 0) is 26.8 Å². The molecule has 2 aromatic rings. The lowest BCUT2D eigenvalue weighted by atomic mass is 10.1. The molecule has 0 fully saturated rings. The molecule has 0 atom stereocenters. The molecule has 1 heterocycles. The topological polar surface area (TPSA) is 127 Å². The van der Waals surface area contributed by atoms with Crippen molar-refractivity contribution in [3.8, 4) is 0 Å². The summed E-state index contributed by atoms with van der Waals surface area (Å²) >= 11 is 1.48. The zero-order valence-corrected chi connectivity index (χ0v) is 21.0. The van der Waals surface area contributed by atoms with Crippen LogP contribution >= 0.6 is 11.8 Å². The SMILES string of the molecule is CCCCCCCCCCCCSc1nc2cc(S(=O)(=O)O)ccc2n1CCS(=O)(=O)O. The van der Waals surface area contributed by atoms with Crippen molar-refractivity contribution in [2.24, 2.45) is 0 Å². The second kappa shape index (κ2) is 12.9. The summed E-state index contributed by atoms with van der Waals surface area (Å²) in [5, 5.41) is 0.562. The van der Waals surface area contributed by atoms with Gasteiger partial charge >= 0.3 is 0 Å². The Labute approximate surface area is 195 Å². The zero-order chi connectivity index (χ0) is 23.6. The van der Waals surface area contributed by atoms with Gasteiger partial charge in [0.2, 0.25) is 0 Å². The highest BCUT2D eigenvalue weighted by molar-refractivity contribution is 7.99. The van der Waals surface area contributed by atoms with Gasteiger partial charge in [-0.05, 0) is 24.6 Å². The quantitative estimate of drug-likeness (QED) is 0.181. The number of nitrogens with zero attached hydrogens (tertiary/aromatic N) is 2. The summed E-state index contributed by atoms with van der Waals surface area (Å²) < 4.78 is 65.3. The molecule has 32 heavy (non-hydrogen) atoms. The number of unbranched alkanes of at least 4 members (excludes halogenated alkanes) is 9. The third kappa shape index (κ3) is 9.38. The Bertz CT molecular complexity index is 1060. The number of fused-ring (bicyclic) bond motifs is 1. The average molecular weight is 507 g/mol. The van der Waals surface area contributed by atoms with E-state index in [1.54, 1.807) is 4.57 Å². The molecule has 0 aliphatic heterocycles. The third-order valence-electron chi connectivity index (χ3n) is 5.28. The lowest BCUT2D eigenvalue weighted by Crippen LogP contribution is -2.12. The van der Waals surface area contributed by atoms with E-state index < -0.39 is 26.0 Å². The molecule has 1 aromatic heterocycles. The minimum Gasteiger partial charge on any atom is -0.318 e. The van der Waals surface area contributed by atoms with Crippen LogP contribution in [0.25, 0.3) is 11.0 Å². The number of hydrogen-bond acceptors (Lipinski definition) is 6. The van der Waals surface area contributed by atoms with Crippen molar-refractivity contribution in [3.63, 3.8) is 0 Å². The molecule has 11 heteroatoms. The van der Waals surface area contributed by atoms with Crippen molar-refractivity contribution >= 4 is 43.0 Å². The number of benzene rings is 1. The highest BCUT2D eigenvalue weighted by Crippen LogP contribution is 2.27. The van der Waals surface area contributed by atoms with Crippen molar-refractivity contribution in [1.82, 2.24) is 9.55 Å². The average Bonchev–Trinajstić information content (AvgIpc) is 3.06. The van der Waals surface area contributed by atoms with Crippen molar-refractivity contribution in [3.05, 3.63) is 18.2 Å². The van der Waals surface area contributed by atoms with Gasteiger partial charge in [-0.25, -0.2) is 4.98 Å². The van der Waals surface area contributed by atoms with Crippen molar-refractivity contribution < 1.29 is 25.9 Å². The van der Waals surface area contributed by atoms with E-state index in [4.69, 9.17) is 4.55 Å². The number of imidazole rings is 1. The summed E-state index contributed by atoms with van der Waals surface area (Å²) in [7, 11) is -8.52. The first-order chi connectivity index (χ1) is 15.1. The molecule has 8 nitrogen and oxygen atoms in total. The Morgan fingerprint density at radius 1 is 0.906 bits per heavy atom. The number of aromatic nitrogens is 2. The molecular weight excluding hydrogens is 472 g/mol. The number of hydrogen-bond donors (Lipinski definition) is 2. The first-order valence-corrected chi connectivity index (χ1v) is 15.2. The van der Waals surface area contributed by atoms with Crippen LogP contribution in [0.1, 0.15) is 71.1 Å². The monoisotopic (exact) mass is 506 g/mol. The van der Waals surface area contributed by atoms with Crippen molar-refractivity contribution in [2.75, 3.05) is 11.5 Å². The van der Waals surface area contributed by atoms with E-state index >= 15 is 0 Å². The first kappa shape index (κ1) is 27.1. The zero-order valence-electron chi connectivity index (χ0n) is 18.6. The maximum Gasteiger partial charge on any atom is 0.294 e. The van der Waals surface area contributed by atoms with Crippen molar-refractivity contribution in [2.45, 2.75) is 87.7 Å². The summed E-state index contributed by atoms with van der Waals surface area (Å²) in [6.45, 7) is 2.22. The van der Waals surface area contributed by atoms with Gasteiger partial charge in [-0.3, -0.25) is 9.11 Å². The fourth-order valence-corrected chi connectivity index (χ4v) is 5.49. The molecule has 0 saturated carbocycles. The molecule has 0 saturated heterocycles. The van der Waals surface area contributed by atoms with Crippen LogP contribution in [0.15, 0.2) is 28.3 Å². The Morgan fingerprint density at radius 2 is 1.50 bits per heavy atom. The Morgan fingerprint density at radius 3 is 2.06 bits per heavy atom. The van der Waals surface area contributed by atoms with Crippen molar-refractivity contribution in [1.29, 1.82) is 0 Å². The van der Waals surface area contributed by atoms with E-state index in [9.17, 15) is 21.4 Å². The predicted molar refractivity (Wildman–Crippen MR) is 129 cm³/mol. The summed E-state index contributed by atoms with van der Waals surface area (Å²) in [5.41, 5.74) is 0.896. The Hall–Kier alpha value is -1.14. The molecule has 1 aromatic carbocycles. The molecule has 0 radical (unpaired) electrons. The summed E-state index contributed by atoms with van der Waals surface area (Å²) in [6.07, 6.45) is 12.4. The molecule has 0 aliphatic carbocycles. The van der Waals surface area contributed by atoms with E-state index in [2.05, 4.69) is 11.9 Å². The summed E-state index contributed by atoms with van der Waals surface area (Å²) in [5.74, 6) is 0.335. The standard InChI is InChI=1S/C21H34N2O6S3/c1-2-3-4-5-6-7-8-9-10-11-15-30-21-22-19-17-18(32(27,28)29)12-13-20(19)23(21)14-16-31(24,25)26/h12-13,17H,2-11,14-16H2,1H3,(H,24,25,26)(H,27,28,29). The normalized spacial score (nSPS) is 12.6. The van der Waals surface area contributed by atoms with E-state index in [0.717, 1.165) is 18.6 Å². The van der Waals surface area contributed by atoms with E-state index in [1.807, 2.05) is 0 Å². The van der Waals surface area contributed by atoms with Gasteiger partial charge < -0.3 is 4.57 Å². The van der Waals surface area contributed by atoms with Crippen LogP contribution in [0.2, 0.25) is 0 Å². The fraction of sp³-hybridized carbons (Fsp3) is 0.667. The second-order valence-electron chi connectivity index (χ2n) is 7.99. The van der Waals surface area contributed by atoms with Gasteiger partial charge in [-0.15, -0.1) is 0 Å². The maximum absolute atomic E-state index is 11.4. The molecule has 182 valence electrons. The third-order valence-corrected chi connectivity index (χ3v) is 7.90. The molecule has 0 amide bonds. The molecule has 2 N–H and O–H groups in total. The van der Waals surface area contributed by atoms with Gasteiger partial charge in [0.1, 0.15) is 0 Å². The van der Waals surface area contributed by atoms with Crippen LogP contribution in [0.5, 0.6) is 0 Å². The minimum atomic E-state index is -4.36. The molecule has 0 bridgehead atoms. The van der Waals surface area contributed by atoms with Crippen LogP contribution in [0.3, 0.4) is 0 Å². The molecule has 0 spiro atoms. The van der Waals surface area contributed by atoms with Gasteiger partial charge in [-0.2, -0.15) is 16.8 Å². The largest absolute Gasteiger partial charge is 0.318 e. The Kier molecular flexibility index (Phi) is 11.0.